The van der Waals surface area contributed by atoms with Gasteiger partial charge in [0.25, 0.3) is 5.91 Å². The summed E-state index contributed by atoms with van der Waals surface area (Å²) >= 11 is 1.09. The average Bonchev–Trinajstić information content (AvgIpc) is 3.14. The van der Waals surface area contributed by atoms with Crippen LogP contribution >= 0.6 is 11.8 Å². The van der Waals surface area contributed by atoms with Crippen molar-refractivity contribution >= 4 is 40.4 Å². The lowest BCUT2D eigenvalue weighted by Crippen LogP contribution is -2.33. The summed E-state index contributed by atoms with van der Waals surface area (Å²) in [7, 11) is 0. The number of thioether (sulfide) groups is 1. The van der Waals surface area contributed by atoms with Crippen molar-refractivity contribution in [3.63, 3.8) is 0 Å². The van der Waals surface area contributed by atoms with E-state index in [9.17, 15) is 23.9 Å². The lowest BCUT2D eigenvalue weighted by molar-refractivity contribution is -0.121. The number of hydrogen-bond acceptors (Lipinski definition) is 7. The maximum absolute atomic E-state index is 15.0. The number of benzene rings is 2. The summed E-state index contributed by atoms with van der Waals surface area (Å²) in [5.74, 6) is -1.14. The number of halogens is 1. The topological polar surface area (TPSA) is 120 Å². The molecule has 2 aromatic carbocycles. The van der Waals surface area contributed by atoms with Crippen LogP contribution in [0.3, 0.4) is 0 Å². The van der Waals surface area contributed by atoms with Crippen molar-refractivity contribution in [1.29, 1.82) is 0 Å². The van der Waals surface area contributed by atoms with Crippen LogP contribution in [-0.2, 0) is 14.3 Å². The van der Waals surface area contributed by atoms with E-state index < -0.39 is 23.3 Å². The first-order valence-electron chi connectivity index (χ1n) is 9.67. The summed E-state index contributed by atoms with van der Waals surface area (Å²) in [5, 5.41) is 15.6. The summed E-state index contributed by atoms with van der Waals surface area (Å²) in [6, 6.07) is 10.4. The highest BCUT2D eigenvalue weighted by Gasteiger charge is 2.34. The van der Waals surface area contributed by atoms with Crippen LogP contribution < -0.4 is 15.6 Å². The fourth-order valence-corrected chi connectivity index (χ4v) is 4.36. The maximum Gasteiger partial charge on any atom is 0.414 e. The van der Waals surface area contributed by atoms with Gasteiger partial charge in [0.1, 0.15) is 28.0 Å². The molecule has 1 unspecified atom stereocenters. The monoisotopic (exact) mass is 458 g/mol. The molecule has 1 fully saturated rings. The molecular weight excluding hydrogens is 439 g/mol. The standard InChI is InChI=1S/C21H19FN4O5S/c1-11(27)23-9-15-10-26(21(30)31-15)13-4-7-16(17(22)8-13)20-25-24-19(29)18(32-20)12-2-5-14(28)6-3-12/h2-8,15,18,28H,9-10H2,1H3,(H,23,27)(H,24,29)/t15-,18?/m0/s1. The number of cyclic esters (lactones) is 1. The third kappa shape index (κ3) is 4.52. The third-order valence-corrected chi connectivity index (χ3v) is 6.14. The number of anilines is 1. The van der Waals surface area contributed by atoms with Gasteiger partial charge < -0.3 is 15.2 Å². The Kier molecular flexibility index (Phi) is 5.99. The second-order valence-corrected chi connectivity index (χ2v) is 8.29. The van der Waals surface area contributed by atoms with Gasteiger partial charge in [-0.2, -0.15) is 5.10 Å². The summed E-state index contributed by atoms with van der Waals surface area (Å²) in [4.78, 5) is 36.8. The smallest absolute Gasteiger partial charge is 0.414 e. The number of hydrogen-bond donors (Lipinski definition) is 3. The molecule has 32 heavy (non-hydrogen) atoms. The van der Waals surface area contributed by atoms with Gasteiger partial charge in [-0.05, 0) is 35.9 Å². The molecule has 3 amide bonds. The fraction of sp³-hybridized carbons (Fsp3) is 0.238. The van der Waals surface area contributed by atoms with Gasteiger partial charge in [0, 0.05) is 12.5 Å². The SMILES string of the molecule is CC(=O)NC[C@H]1CN(c2ccc(C3=NNC(=O)C(c4ccc(O)cc4)S3)c(F)c2)C(=O)O1. The van der Waals surface area contributed by atoms with E-state index in [1.165, 1.54) is 36.1 Å². The number of rotatable bonds is 5. The number of phenols is 1. The molecule has 11 heteroatoms. The lowest BCUT2D eigenvalue weighted by atomic mass is 10.1. The van der Waals surface area contributed by atoms with Crippen molar-refractivity contribution in [3.8, 4) is 5.75 Å². The molecule has 1 saturated heterocycles. The fourth-order valence-electron chi connectivity index (χ4n) is 3.29. The van der Waals surface area contributed by atoms with Crippen LogP contribution in [0.2, 0.25) is 0 Å². The van der Waals surface area contributed by atoms with Crippen molar-refractivity contribution < 1.29 is 28.6 Å². The van der Waals surface area contributed by atoms with Crippen LogP contribution in [0.5, 0.6) is 5.75 Å². The first-order chi connectivity index (χ1) is 15.3. The minimum atomic E-state index is -0.662. The molecule has 0 bridgehead atoms. The Labute approximate surface area is 186 Å². The number of nitrogens with zero attached hydrogens (tertiary/aromatic N) is 2. The number of carbonyl (C=O) groups is 3. The van der Waals surface area contributed by atoms with E-state index >= 15 is 0 Å². The van der Waals surface area contributed by atoms with Gasteiger partial charge in [0.05, 0.1) is 18.8 Å². The van der Waals surface area contributed by atoms with Gasteiger partial charge in [-0.1, -0.05) is 23.9 Å². The summed E-state index contributed by atoms with van der Waals surface area (Å²) in [6.07, 6.45) is -1.16. The number of carbonyl (C=O) groups excluding carboxylic acids is 3. The van der Waals surface area contributed by atoms with E-state index in [1.807, 2.05) is 0 Å². The Morgan fingerprint density at radius 1 is 1.31 bits per heavy atom. The second kappa shape index (κ2) is 8.87. The molecular formula is C21H19FN4O5S. The minimum Gasteiger partial charge on any atom is -0.508 e. The van der Waals surface area contributed by atoms with E-state index in [0.717, 1.165) is 11.8 Å². The molecule has 2 atom stereocenters. The Bertz CT molecular complexity index is 1110. The summed E-state index contributed by atoms with van der Waals surface area (Å²) in [6.45, 7) is 1.71. The predicted octanol–water partition coefficient (Wildman–Crippen LogP) is 2.26. The van der Waals surface area contributed by atoms with E-state index in [0.29, 0.717) is 11.3 Å². The van der Waals surface area contributed by atoms with Gasteiger partial charge in [-0.3, -0.25) is 14.5 Å². The van der Waals surface area contributed by atoms with Gasteiger partial charge >= 0.3 is 6.09 Å². The number of amides is 3. The maximum atomic E-state index is 15.0. The van der Waals surface area contributed by atoms with E-state index in [-0.39, 0.29) is 41.3 Å². The molecule has 2 aliphatic rings. The zero-order valence-corrected chi connectivity index (χ0v) is 17.7. The molecule has 0 spiro atoms. The highest BCUT2D eigenvalue weighted by molar-refractivity contribution is 8.15. The molecule has 0 aliphatic carbocycles. The van der Waals surface area contributed by atoms with Gasteiger partial charge in [-0.25, -0.2) is 14.6 Å². The quantitative estimate of drug-likeness (QED) is 0.632. The van der Waals surface area contributed by atoms with Gasteiger partial charge in [-0.15, -0.1) is 0 Å². The molecule has 9 nitrogen and oxygen atoms in total. The summed E-state index contributed by atoms with van der Waals surface area (Å²) < 4.78 is 20.2. The van der Waals surface area contributed by atoms with Crippen LogP contribution in [0.1, 0.15) is 23.3 Å². The highest BCUT2D eigenvalue weighted by Crippen LogP contribution is 2.36. The molecule has 4 rings (SSSR count). The minimum absolute atomic E-state index is 0.0743. The van der Waals surface area contributed by atoms with Gasteiger partial charge in [0.2, 0.25) is 5.91 Å². The first kappa shape index (κ1) is 21.6. The predicted molar refractivity (Wildman–Crippen MR) is 116 cm³/mol. The number of nitrogens with one attached hydrogen (secondary N) is 2. The largest absolute Gasteiger partial charge is 0.508 e. The van der Waals surface area contributed by atoms with E-state index in [2.05, 4.69) is 15.8 Å². The van der Waals surface area contributed by atoms with Gasteiger partial charge in [0.15, 0.2) is 0 Å². The van der Waals surface area contributed by atoms with Crippen molar-refractivity contribution in [1.82, 2.24) is 10.7 Å². The van der Waals surface area contributed by atoms with Crippen LogP contribution in [0, 0.1) is 5.82 Å². The molecule has 166 valence electrons. The zero-order chi connectivity index (χ0) is 22.8. The van der Waals surface area contributed by atoms with Crippen molar-refractivity contribution in [3.05, 3.63) is 59.4 Å². The molecule has 2 aromatic rings. The first-order valence-corrected chi connectivity index (χ1v) is 10.6. The Hall–Kier alpha value is -3.60. The number of hydrazone groups is 1. The molecule has 0 aromatic heterocycles. The van der Waals surface area contributed by atoms with Crippen LogP contribution in [0.25, 0.3) is 0 Å². The van der Waals surface area contributed by atoms with Crippen LogP contribution in [-0.4, -0.2) is 47.3 Å². The molecule has 0 radical (unpaired) electrons. The summed E-state index contributed by atoms with van der Waals surface area (Å²) in [5.41, 5.74) is 3.52. The molecule has 2 heterocycles. The Balaban J connectivity index is 1.51. The second-order valence-electron chi connectivity index (χ2n) is 7.20. The molecule has 0 saturated carbocycles. The van der Waals surface area contributed by atoms with Crippen LogP contribution in [0.15, 0.2) is 47.6 Å². The molecule has 3 N–H and O–H groups in total. The van der Waals surface area contributed by atoms with Crippen LogP contribution in [0.4, 0.5) is 14.9 Å². The van der Waals surface area contributed by atoms with Crippen molar-refractivity contribution in [2.45, 2.75) is 18.3 Å². The Morgan fingerprint density at radius 3 is 2.75 bits per heavy atom. The van der Waals surface area contributed by atoms with E-state index in [4.69, 9.17) is 4.74 Å². The normalized spacial score (nSPS) is 20.4. The average molecular weight is 458 g/mol. The molecule has 2 aliphatic heterocycles. The van der Waals surface area contributed by atoms with E-state index in [1.54, 1.807) is 18.2 Å². The highest BCUT2D eigenvalue weighted by atomic mass is 32.2. The third-order valence-electron chi connectivity index (χ3n) is 4.88. The van der Waals surface area contributed by atoms with Crippen molar-refractivity contribution in [2.75, 3.05) is 18.0 Å². The zero-order valence-electron chi connectivity index (χ0n) is 16.9. The van der Waals surface area contributed by atoms with Crippen molar-refractivity contribution in [2.24, 2.45) is 5.10 Å². The Morgan fingerprint density at radius 2 is 2.06 bits per heavy atom. The number of phenolic OH excluding ortho intramolecular Hbond substituents is 1. The number of ether oxygens (including phenoxy) is 1. The lowest BCUT2D eigenvalue weighted by Gasteiger charge is -2.22. The number of aromatic hydroxyl groups is 1.